The third-order valence-electron chi connectivity index (χ3n) is 6.17. The monoisotopic (exact) mass is 521 g/mol. The minimum atomic E-state index is -0.956. The van der Waals surface area contributed by atoms with Crippen molar-refractivity contribution < 1.29 is 24.5 Å². The fraction of sp³-hybridized carbons (Fsp3) is 0.542. The molecule has 2 atom stereocenters. The van der Waals surface area contributed by atoms with Crippen molar-refractivity contribution >= 4 is 33.9 Å². The molecule has 0 aromatic heterocycles. The number of halogens is 1. The number of carbonyl (C=O) groups is 2. The molecule has 0 bridgehead atoms. The Balaban J connectivity index is 1.71. The van der Waals surface area contributed by atoms with Crippen LogP contribution in [0, 0.1) is 5.92 Å². The molecule has 2 N–H and O–H groups in total. The minimum absolute atomic E-state index is 0.0871. The van der Waals surface area contributed by atoms with Crippen molar-refractivity contribution in [1.82, 2.24) is 9.80 Å². The van der Waals surface area contributed by atoms with Crippen molar-refractivity contribution in [3.8, 4) is 0 Å². The van der Waals surface area contributed by atoms with Crippen molar-refractivity contribution in [3.05, 3.63) is 45.6 Å². The maximum Gasteiger partial charge on any atom is 0.317 e. The highest BCUT2D eigenvalue weighted by Gasteiger charge is 2.42. The molecule has 2 unspecified atom stereocenters. The molecule has 33 heavy (non-hydrogen) atoms. The van der Waals surface area contributed by atoms with Gasteiger partial charge in [0.2, 0.25) is 0 Å². The van der Waals surface area contributed by atoms with Crippen molar-refractivity contribution in [2.45, 2.75) is 19.3 Å². The van der Waals surface area contributed by atoms with Crippen molar-refractivity contribution in [2.24, 2.45) is 10.9 Å². The van der Waals surface area contributed by atoms with E-state index in [2.05, 4.69) is 30.7 Å². The second-order valence-electron chi connectivity index (χ2n) is 8.23. The van der Waals surface area contributed by atoms with E-state index in [4.69, 9.17) is 9.84 Å². The highest BCUT2D eigenvalue weighted by atomic mass is 79.9. The van der Waals surface area contributed by atoms with E-state index in [0.29, 0.717) is 13.1 Å². The van der Waals surface area contributed by atoms with Crippen LogP contribution in [0.25, 0.3) is 0 Å². The first-order valence-corrected chi connectivity index (χ1v) is 12.2. The summed E-state index contributed by atoms with van der Waals surface area (Å²) >= 11 is 3.50. The van der Waals surface area contributed by atoms with Crippen LogP contribution in [-0.2, 0) is 14.3 Å². The number of rotatable bonds is 9. The molecule has 1 aromatic carbocycles. The van der Waals surface area contributed by atoms with Gasteiger partial charge in [-0.25, -0.2) is 0 Å². The lowest BCUT2D eigenvalue weighted by Crippen LogP contribution is -2.47. The highest BCUT2D eigenvalue weighted by molar-refractivity contribution is 9.10. The third-order valence-corrected chi connectivity index (χ3v) is 6.89. The summed E-state index contributed by atoms with van der Waals surface area (Å²) in [5, 5.41) is 20.0. The number of carbonyl (C=O) groups excluding carboxylic acids is 2. The van der Waals surface area contributed by atoms with E-state index >= 15 is 0 Å². The number of nitrogens with zero attached hydrogens (tertiary/aromatic N) is 3. The molecular formula is C24H32BrN3O5. The fourth-order valence-corrected chi connectivity index (χ4v) is 4.95. The molecule has 1 aliphatic heterocycles. The smallest absolute Gasteiger partial charge is 0.317 e. The topological polar surface area (TPSA) is 103 Å². The van der Waals surface area contributed by atoms with Gasteiger partial charge < -0.3 is 14.9 Å². The number of aliphatic hydroxyl groups is 2. The zero-order valence-corrected chi connectivity index (χ0v) is 20.5. The SMILES string of the molecule is CCOC(=O)C1C(O)=C(C=NCCN2CCN(CCO)CC2)C(=O)CC1c1ccccc1Br. The Morgan fingerprint density at radius 2 is 1.88 bits per heavy atom. The summed E-state index contributed by atoms with van der Waals surface area (Å²) in [6.45, 7) is 7.63. The molecule has 3 rings (SSSR count). The van der Waals surface area contributed by atoms with E-state index < -0.39 is 17.8 Å². The van der Waals surface area contributed by atoms with Gasteiger partial charge in [0.05, 0.1) is 25.3 Å². The molecule has 1 aromatic rings. The van der Waals surface area contributed by atoms with Crippen molar-refractivity contribution in [2.75, 3.05) is 59.0 Å². The number of hydrogen-bond acceptors (Lipinski definition) is 8. The predicted octanol–water partition coefficient (Wildman–Crippen LogP) is 2.18. The third kappa shape index (κ3) is 6.50. The van der Waals surface area contributed by atoms with E-state index in [1.54, 1.807) is 6.92 Å². The Bertz CT molecular complexity index is 896. The number of hydrogen-bond donors (Lipinski definition) is 2. The van der Waals surface area contributed by atoms with Crippen LogP contribution in [0.4, 0.5) is 0 Å². The standard InChI is InChI=1S/C24H32BrN3O5/c1-2-33-24(32)22-18(17-5-3-4-6-20(17)25)15-21(30)19(23(22)31)16-26-7-8-27-9-11-28(12-10-27)13-14-29/h3-6,16,18,22,29,31H,2,7-15H2,1H3. The first-order valence-electron chi connectivity index (χ1n) is 11.4. The van der Waals surface area contributed by atoms with E-state index in [1.165, 1.54) is 6.21 Å². The second kappa shape index (κ2) is 12.4. The van der Waals surface area contributed by atoms with Gasteiger partial charge in [0, 0.05) is 62.3 Å². The zero-order chi connectivity index (χ0) is 23.8. The largest absolute Gasteiger partial charge is 0.511 e. The van der Waals surface area contributed by atoms with Crippen LogP contribution in [0.1, 0.15) is 24.8 Å². The van der Waals surface area contributed by atoms with E-state index in [0.717, 1.165) is 42.8 Å². The molecule has 1 fully saturated rings. The zero-order valence-electron chi connectivity index (χ0n) is 19.0. The number of piperazine rings is 1. The first kappa shape index (κ1) is 25.6. The Hall–Kier alpha value is -2.07. The molecule has 0 spiro atoms. The number of allylic oxidation sites excluding steroid dienone is 1. The van der Waals surface area contributed by atoms with Gasteiger partial charge in [-0.15, -0.1) is 0 Å². The fourth-order valence-electron chi connectivity index (χ4n) is 4.37. The molecule has 8 nitrogen and oxygen atoms in total. The van der Waals surface area contributed by atoms with Crippen LogP contribution in [0.5, 0.6) is 0 Å². The Kier molecular flexibility index (Phi) is 9.61. The molecule has 0 saturated carbocycles. The molecule has 1 heterocycles. The molecule has 1 saturated heterocycles. The van der Waals surface area contributed by atoms with Gasteiger partial charge >= 0.3 is 5.97 Å². The number of aliphatic imine (C=N–C) groups is 1. The van der Waals surface area contributed by atoms with Crippen LogP contribution < -0.4 is 0 Å². The summed E-state index contributed by atoms with van der Waals surface area (Å²) in [6, 6.07) is 7.40. The van der Waals surface area contributed by atoms with Crippen LogP contribution in [-0.4, -0.2) is 97.0 Å². The van der Waals surface area contributed by atoms with Gasteiger partial charge in [-0.2, -0.15) is 0 Å². The normalized spacial score (nSPS) is 22.8. The van der Waals surface area contributed by atoms with E-state index in [9.17, 15) is 14.7 Å². The van der Waals surface area contributed by atoms with E-state index in [-0.39, 0.29) is 36.8 Å². The number of β-amino-alcohol motifs (C(OH)–C–C–N with tert-alkyl or cyclic N) is 1. The molecule has 180 valence electrons. The summed E-state index contributed by atoms with van der Waals surface area (Å²) in [6.07, 6.45) is 1.49. The van der Waals surface area contributed by atoms with Crippen LogP contribution in [0.2, 0.25) is 0 Å². The van der Waals surface area contributed by atoms with Gasteiger partial charge in [0.1, 0.15) is 11.7 Å². The number of benzene rings is 1. The molecule has 0 amide bonds. The van der Waals surface area contributed by atoms with Gasteiger partial charge in [-0.05, 0) is 18.6 Å². The van der Waals surface area contributed by atoms with Crippen molar-refractivity contribution in [1.29, 1.82) is 0 Å². The lowest BCUT2D eigenvalue weighted by Gasteiger charge is -2.33. The predicted molar refractivity (Wildman–Crippen MR) is 130 cm³/mol. The van der Waals surface area contributed by atoms with Gasteiger partial charge in [-0.3, -0.25) is 24.4 Å². The van der Waals surface area contributed by atoms with Gasteiger partial charge in [0.25, 0.3) is 0 Å². The molecule has 0 radical (unpaired) electrons. The Labute approximate surface area is 203 Å². The molecule has 1 aliphatic carbocycles. The van der Waals surface area contributed by atoms with Crippen LogP contribution in [0.15, 0.2) is 45.1 Å². The Morgan fingerprint density at radius 3 is 2.52 bits per heavy atom. The average molecular weight is 522 g/mol. The number of ether oxygens (including phenoxy) is 1. The number of ketones is 1. The quantitative estimate of drug-likeness (QED) is 0.379. The second-order valence-corrected chi connectivity index (χ2v) is 9.08. The maximum atomic E-state index is 12.9. The number of aliphatic hydroxyl groups excluding tert-OH is 2. The summed E-state index contributed by atoms with van der Waals surface area (Å²) in [5.41, 5.74) is 0.871. The molecule has 2 aliphatic rings. The van der Waals surface area contributed by atoms with Gasteiger partial charge in [0.15, 0.2) is 5.78 Å². The maximum absolute atomic E-state index is 12.9. The summed E-state index contributed by atoms with van der Waals surface area (Å²) in [7, 11) is 0. The first-order chi connectivity index (χ1) is 16.0. The molecular weight excluding hydrogens is 490 g/mol. The Morgan fingerprint density at radius 1 is 1.21 bits per heavy atom. The molecule has 9 heteroatoms. The number of Topliss-reactive ketones (excluding diaryl/α,β-unsaturated/α-hetero) is 1. The van der Waals surface area contributed by atoms with Crippen LogP contribution in [0.3, 0.4) is 0 Å². The highest BCUT2D eigenvalue weighted by Crippen LogP contribution is 2.41. The summed E-state index contributed by atoms with van der Waals surface area (Å²) < 4.78 is 6.01. The minimum Gasteiger partial charge on any atom is -0.511 e. The lowest BCUT2D eigenvalue weighted by atomic mass is 9.75. The van der Waals surface area contributed by atoms with Gasteiger partial charge in [-0.1, -0.05) is 34.1 Å². The van der Waals surface area contributed by atoms with Crippen LogP contribution >= 0.6 is 15.9 Å². The summed E-state index contributed by atoms with van der Waals surface area (Å²) in [4.78, 5) is 34.5. The van der Waals surface area contributed by atoms with Crippen molar-refractivity contribution in [3.63, 3.8) is 0 Å². The summed E-state index contributed by atoms with van der Waals surface area (Å²) in [5.74, 6) is -2.53. The van der Waals surface area contributed by atoms with E-state index in [1.807, 2.05) is 24.3 Å². The number of esters is 1. The lowest BCUT2D eigenvalue weighted by molar-refractivity contribution is -0.148. The average Bonchev–Trinajstić information content (AvgIpc) is 2.80.